The molecule has 7 nitrogen and oxygen atoms in total. The van der Waals surface area contributed by atoms with E-state index in [-0.39, 0.29) is 34.9 Å². The van der Waals surface area contributed by atoms with Crippen LogP contribution < -0.4 is 15.4 Å². The number of nitrogens with zero attached hydrogens (tertiary/aromatic N) is 3. The Morgan fingerprint density at radius 3 is 2.52 bits per heavy atom. The summed E-state index contributed by atoms with van der Waals surface area (Å²) < 4.78 is 11.6. The molecule has 1 aromatic heterocycles. The minimum Gasteiger partial charge on any atom is -0.472 e. The van der Waals surface area contributed by atoms with E-state index < -0.39 is 0 Å². The molecule has 0 fully saturated rings. The maximum Gasteiger partial charge on any atom is 0.267 e. The van der Waals surface area contributed by atoms with Crippen molar-refractivity contribution in [2.24, 2.45) is 0 Å². The van der Waals surface area contributed by atoms with Crippen LogP contribution >= 0.6 is 0 Å². The monoisotopic (exact) mass is 370 g/mol. The number of benzene rings is 1. The van der Waals surface area contributed by atoms with Crippen molar-refractivity contribution in [3.05, 3.63) is 41.7 Å². The van der Waals surface area contributed by atoms with Gasteiger partial charge in [0, 0.05) is 12.8 Å². The van der Waals surface area contributed by atoms with E-state index in [0.29, 0.717) is 6.54 Å². The average Bonchev–Trinajstić information content (AvgIpc) is 2.81. The molecule has 2 heterocycles. The first-order valence-electron chi connectivity index (χ1n) is 9.20. The zero-order valence-electron chi connectivity index (χ0n) is 16.2. The Morgan fingerprint density at radius 1 is 1.26 bits per heavy atom. The molecule has 1 amide bonds. The molecular weight excluding hydrogens is 344 g/mol. The van der Waals surface area contributed by atoms with E-state index in [1.165, 1.54) is 6.33 Å². The predicted octanol–water partition coefficient (Wildman–Crippen LogP) is 3.15. The van der Waals surface area contributed by atoms with Crippen LogP contribution in [0.1, 0.15) is 49.5 Å². The Kier molecular flexibility index (Phi) is 5.32. The first-order chi connectivity index (χ1) is 13.0. The van der Waals surface area contributed by atoms with Crippen LogP contribution in [0.2, 0.25) is 0 Å². The summed E-state index contributed by atoms with van der Waals surface area (Å²) in [6, 6.07) is 7.90. The van der Waals surface area contributed by atoms with Gasteiger partial charge in [0.2, 0.25) is 5.88 Å². The Balaban J connectivity index is 1.98. The third-order valence-corrected chi connectivity index (χ3v) is 5.29. The summed E-state index contributed by atoms with van der Waals surface area (Å²) in [7, 11) is 1.73. The largest absolute Gasteiger partial charge is 0.472 e. The van der Waals surface area contributed by atoms with Crippen LogP contribution in [0.4, 0.5) is 11.5 Å². The predicted molar refractivity (Wildman–Crippen MR) is 104 cm³/mol. The molecular formula is C20H26N4O3. The third-order valence-electron chi connectivity index (χ3n) is 5.29. The van der Waals surface area contributed by atoms with Gasteiger partial charge in [-0.2, -0.15) is 0 Å². The number of carbonyl (C=O) groups excluding carboxylic acids is 1. The van der Waals surface area contributed by atoms with E-state index in [1.54, 1.807) is 12.0 Å². The third kappa shape index (κ3) is 3.35. The second-order valence-electron chi connectivity index (χ2n) is 6.74. The standard InChI is InChI=1S/C20H26N4O3/c1-5-20(6-2,26-4)14-7-9-15(10-8-14)24-11-13(3)27-18-16(19(24)25)17(21)22-12-23-18/h7-10,12-13H,5-6,11H2,1-4H3,(H2,21,22,23). The van der Waals surface area contributed by atoms with Crippen molar-refractivity contribution >= 4 is 17.4 Å². The van der Waals surface area contributed by atoms with Gasteiger partial charge >= 0.3 is 0 Å². The number of rotatable bonds is 5. The van der Waals surface area contributed by atoms with Crippen LogP contribution in [-0.2, 0) is 10.3 Å². The van der Waals surface area contributed by atoms with E-state index in [0.717, 1.165) is 24.1 Å². The first kappa shape index (κ1) is 19.1. The highest BCUT2D eigenvalue weighted by atomic mass is 16.5. The topological polar surface area (TPSA) is 90.6 Å². The Labute approximate surface area is 159 Å². The summed E-state index contributed by atoms with van der Waals surface area (Å²) in [6.07, 6.45) is 2.81. The number of nitrogens with two attached hydrogens (primary N) is 1. The van der Waals surface area contributed by atoms with E-state index in [9.17, 15) is 4.79 Å². The number of amides is 1. The highest BCUT2D eigenvalue weighted by molar-refractivity contribution is 6.10. The second kappa shape index (κ2) is 7.52. The number of fused-ring (bicyclic) bond motifs is 1. The molecule has 7 heteroatoms. The lowest BCUT2D eigenvalue weighted by Crippen LogP contribution is -2.36. The summed E-state index contributed by atoms with van der Waals surface area (Å²) in [4.78, 5) is 22.8. The molecule has 2 N–H and O–H groups in total. The number of methoxy groups -OCH3 is 1. The number of aromatic nitrogens is 2. The van der Waals surface area contributed by atoms with Crippen molar-refractivity contribution in [3.8, 4) is 5.88 Å². The molecule has 2 aromatic rings. The van der Waals surface area contributed by atoms with Crippen molar-refractivity contribution in [1.29, 1.82) is 0 Å². The molecule has 1 aliphatic heterocycles. The van der Waals surface area contributed by atoms with Crippen LogP contribution in [0.25, 0.3) is 0 Å². The van der Waals surface area contributed by atoms with E-state index in [2.05, 4.69) is 23.8 Å². The van der Waals surface area contributed by atoms with E-state index in [4.69, 9.17) is 15.2 Å². The lowest BCUT2D eigenvalue weighted by Gasteiger charge is -2.31. The molecule has 1 atom stereocenters. The smallest absolute Gasteiger partial charge is 0.267 e. The van der Waals surface area contributed by atoms with Crippen LogP contribution in [0.15, 0.2) is 30.6 Å². The van der Waals surface area contributed by atoms with Crippen molar-refractivity contribution in [3.63, 3.8) is 0 Å². The summed E-state index contributed by atoms with van der Waals surface area (Å²) in [5.41, 5.74) is 7.68. The fraction of sp³-hybridized carbons (Fsp3) is 0.450. The van der Waals surface area contributed by atoms with Gasteiger partial charge in [0.1, 0.15) is 23.8 Å². The number of hydrogen-bond acceptors (Lipinski definition) is 6. The summed E-state index contributed by atoms with van der Waals surface area (Å²) in [5.74, 6) is 0.0924. The van der Waals surface area contributed by atoms with E-state index in [1.807, 2.05) is 31.2 Å². The van der Waals surface area contributed by atoms with E-state index >= 15 is 0 Å². The van der Waals surface area contributed by atoms with Gasteiger partial charge in [-0.1, -0.05) is 26.0 Å². The molecule has 1 aromatic carbocycles. The molecule has 0 aliphatic carbocycles. The lowest BCUT2D eigenvalue weighted by molar-refractivity contribution is -0.0217. The Hall–Kier alpha value is -2.67. The molecule has 0 radical (unpaired) electrons. The molecule has 0 bridgehead atoms. The minimum absolute atomic E-state index is 0.121. The van der Waals surface area contributed by atoms with Crippen molar-refractivity contribution in [2.45, 2.75) is 45.3 Å². The Morgan fingerprint density at radius 2 is 1.93 bits per heavy atom. The zero-order valence-corrected chi connectivity index (χ0v) is 16.2. The van der Waals surface area contributed by atoms with Gasteiger partial charge in [0.15, 0.2) is 0 Å². The van der Waals surface area contributed by atoms with Crippen LogP contribution in [0, 0.1) is 0 Å². The molecule has 3 rings (SSSR count). The number of hydrogen-bond donors (Lipinski definition) is 1. The number of anilines is 2. The second-order valence-corrected chi connectivity index (χ2v) is 6.74. The quantitative estimate of drug-likeness (QED) is 0.869. The lowest BCUT2D eigenvalue weighted by atomic mass is 9.88. The molecule has 144 valence electrons. The molecule has 0 spiro atoms. The SMILES string of the molecule is CCC(CC)(OC)c1ccc(N2CC(C)Oc3ncnc(N)c3C2=O)cc1. The van der Waals surface area contributed by atoms with Gasteiger partial charge in [-0.15, -0.1) is 0 Å². The molecule has 0 saturated carbocycles. The fourth-order valence-corrected chi connectivity index (χ4v) is 3.61. The van der Waals surface area contributed by atoms with Crippen molar-refractivity contribution < 1.29 is 14.3 Å². The number of ether oxygens (including phenoxy) is 2. The Bertz CT molecular complexity index is 810. The van der Waals surface area contributed by atoms with Gasteiger partial charge in [0.05, 0.1) is 12.1 Å². The van der Waals surface area contributed by atoms with Gasteiger partial charge in [-0.25, -0.2) is 9.97 Å². The zero-order chi connectivity index (χ0) is 19.6. The minimum atomic E-state index is -0.317. The molecule has 1 unspecified atom stereocenters. The summed E-state index contributed by atoms with van der Waals surface area (Å²) in [6.45, 7) is 6.51. The molecule has 1 aliphatic rings. The highest BCUT2D eigenvalue weighted by Gasteiger charge is 2.32. The van der Waals surface area contributed by atoms with Crippen molar-refractivity contribution in [1.82, 2.24) is 9.97 Å². The first-order valence-corrected chi connectivity index (χ1v) is 9.20. The fourth-order valence-electron chi connectivity index (χ4n) is 3.61. The molecule has 0 saturated heterocycles. The maximum atomic E-state index is 13.1. The maximum absolute atomic E-state index is 13.1. The highest BCUT2D eigenvalue weighted by Crippen LogP contribution is 2.34. The van der Waals surface area contributed by atoms with Crippen LogP contribution in [0.5, 0.6) is 5.88 Å². The average molecular weight is 370 g/mol. The van der Waals surface area contributed by atoms with Crippen LogP contribution in [0.3, 0.4) is 0 Å². The van der Waals surface area contributed by atoms with Gasteiger partial charge in [-0.05, 0) is 37.5 Å². The summed E-state index contributed by atoms with van der Waals surface area (Å²) in [5, 5.41) is 0. The summed E-state index contributed by atoms with van der Waals surface area (Å²) >= 11 is 0. The number of carbonyl (C=O) groups is 1. The normalized spacial score (nSPS) is 17.3. The van der Waals surface area contributed by atoms with Gasteiger partial charge in [-0.3, -0.25) is 4.79 Å². The van der Waals surface area contributed by atoms with Crippen LogP contribution in [-0.4, -0.2) is 35.6 Å². The number of nitrogen functional groups attached to an aromatic ring is 1. The van der Waals surface area contributed by atoms with Gasteiger partial charge < -0.3 is 20.1 Å². The molecule has 27 heavy (non-hydrogen) atoms. The van der Waals surface area contributed by atoms with Crippen molar-refractivity contribution in [2.75, 3.05) is 24.3 Å². The van der Waals surface area contributed by atoms with Gasteiger partial charge in [0.25, 0.3) is 5.91 Å².